The minimum atomic E-state index is -0.148. The summed E-state index contributed by atoms with van der Waals surface area (Å²) in [5, 5.41) is 0. The van der Waals surface area contributed by atoms with Crippen molar-refractivity contribution in [1.29, 1.82) is 0 Å². The van der Waals surface area contributed by atoms with Crippen molar-refractivity contribution in [3.8, 4) is 0 Å². The molecule has 0 unspecified atom stereocenters. The van der Waals surface area contributed by atoms with Crippen molar-refractivity contribution in [2.45, 2.75) is 52.9 Å². The second kappa shape index (κ2) is 15.4. The van der Waals surface area contributed by atoms with Crippen LogP contribution in [-0.2, 0) is 30.4 Å². The largest absolute Gasteiger partial charge is 0.381 e. The SMILES string of the molecule is C1COC1.C=Cc1ccc2nc(Cc3ccc(Cc4ccnc(CCc5ccc(C)cc5F)c4)nc3)n(S)c2c1.CC. The predicted molar refractivity (Wildman–Crippen MR) is 174 cm³/mol. The van der Waals surface area contributed by atoms with Gasteiger partial charge in [-0.2, -0.15) is 0 Å². The second-order valence-corrected chi connectivity index (χ2v) is 10.4. The van der Waals surface area contributed by atoms with E-state index in [0.29, 0.717) is 25.7 Å². The molecule has 0 bridgehead atoms. The molecule has 0 amide bonds. The number of imidazole rings is 1. The van der Waals surface area contributed by atoms with Crippen LogP contribution in [0.5, 0.6) is 0 Å². The Balaban J connectivity index is 0.000000612. The van der Waals surface area contributed by atoms with Gasteiger partial charge < -0.3 is 4.74 Å². The summed E-state index contributed by atoms with van der Waals surface area (Å²) in [4.78, 5) is 13.9. The van der Waals surface area contributed by atoms with Crippen molar-refractivity contribution >= 4 is 29.9 Å². The lowest BCUT2D eigenvalue weighted by atomic mass is 10.0. The van der Waals surface area contributed by atoms with Crippen LogP contribution in [0.1, 0.15) is 65.3 Å². The third-order valence-electron chi connectivity index (χ3n) is 6.91. The van der Waals surface area contributed by atoms with E-state index in [1.807, 2.05) is 79.6 Å². The fourth-order valence-corrected chi connectivity index (χ4v) is 4.74. The smallest absolute Gasteiger partial charge is 0.126 e. The average Bonchev–Trinajstić information content (AvgIpc) is 3.28. The van der Waals surface area contributed by atoms with Gasteiger partial charge in [-0.3, -0.25) is 13.9 Å². The van der Waals surface area contributed by atoms with E-state index in [-0.39, 0.29) is 5.82 Å². The summed E-state index contributed by atoms with van der Waals surface area (Å²) < 4.78 is 20.7. The first-order valence-electron chi connectivity index (χ1n) is 14.5. The van der Waals surface area contributed by atoms with Crippen LogP contribution in [0.15, 0.2) is 79.6 Å². The lowest BCUT2D eigenvalue weighted by Crippen LogP contribution is -2.09. The highest BCUT2D eigenvalue weighted by molar-refractivity contribution is 7.78. The molecule has 0 spiro atoms. The van der Waals surface area contributed by atoms with Gasteiger partial charge in [-0.1, -0.05) is 63.6 Å². The summed E-state index contributed by atoms with van der Waals surface area (Å²) >= 11 is 4.65. The first-order valence-corrected chi connectivity index (χ1v) is 14.9. The number of nitrogens with zero attached hydrogens (tertiary/aromatic N) is 4. The Morgan fingerprint density at radius 1 is 0.929 bits per heavy atom. The number of ether oxygens (including phenoxy) is 1. The number of fused-ring (bicyclic) bond motifs is 1. The Bertz CT molecular complexity index is 1610. The lowest BCUT2D eigenvalue weighted by molar-refractivity contribution is 0.0367. The summed E-state index contributed by atoms with van der Waals surface area (Å²) in [5.41, 5.74) is 8.72. The Morgan fingerprint density at radius 2 is 1.71 bits per heavy atom. The Kier molecular flexibility index (Phi) is 11.4. The number of thiol groups is 1. The van der Waals surface area contributed by atoms with Crippen LogP contribution in [0.4, 0.5) is 4.39 Å². The fourth-order valence-electron chi connectivity index (χ4n) is 4.46. The number of pyridine rings is 2. The van der Waals surface area contributed by atoms with Gasteiger partial charge in [0.15, 0.2) is 0 Å². The van der Waals surface area contributed by atoms with Gasteiger partial charge >= 0.3 is 0 Å². The molecular formula is C35H39FN4OS. The normalized spacial score (nSPS) is 12.0. The first kappa shape index (κ1) is 31.1. The number of aromatic nitrogens is 4. The van der Waals surface area contributed by atoms with Crippen molar-refractivity contribution < 1.29 is 9.13 Å². The number of halogens is 1. The van der Waals surface area contributed by atoms with Crippen LogP contribution in [0, 0.1) is 12.7 Å². The van der Waals surface area contributed by atoms with E-state index in [1.54, 1.807) is 6.07 Å². The maximum absolute atomic E-state index is 14.2. The molecule has 0 radical (unpaired) electrons. The van der Waals surface area contributed by atoms with Gasteiger partial charge in [-0.15, -0.1) is 0 Å². The van der Waals surface area contributed by atoms with E-state index < -0.39 is 0 Å². The summed E-state index contributed by atoms with van der Waals surface area (Å²) in [6.45, 7) is 11.7. The molecule has 7 heteroatoms. The van der Waals surface area contributed by atoms with Gasteiger partial charge in [0.2, 0.25) is 0 Å². The van der Waals surface area contributed by atoms with E-state index in [9.17, 15) is 4.39 Å². The molecule has 4 heterocycles. The highest BCUT2D eigenvalue weighted by Crippen LogP contribution is 2.22. The van der Waals surface area contributed by atoms with Crippen LogP contribution in [0.3, 0.4) is 0 Å². The molecule has 1 fully saturated rings. The summed E-state index contributed by atoms with van der Waals surface area (Å²) in [6.07, 6.45) is 9.49. The number of rotatable bonds is 8. The summed E-state index contributed by atoms with van der Waals surface area (Å²) in [7, 11) is 0. The van der Waals surface area contributed by atoms with Crippen molar-refractivity contribution in [2.75, 3.05) is 13.2 Å². The molecule has 0 aliphatic carbocycles. The monoisotopic (exact) mass is 582 g/mol. The summed E-state index contributed by atoms with van der Waals surface area (Å²) in [6, 6.07) is 19.7. The van der Waals surface area contributed by atoms with Gasteiger partial charge in [-0.05, 0) is 90.4 Å². The van der Waals surface area contributed by atoms with E-state index in [1.165, 1.54) is 6.42 Å². The molecular weight excluding hydrogens is 543 g/mol. The van der Waals surface area contributed by atoms with E-state index >= 15 is 0 Å². The van der Waals surface area contributed by atoms with Crippen molar-refractivity contribution in [3.63, 3.8) is 0 Å². The molecule has 0 atom stereocenters. The zero-order valence-electron chi connectivity index (χ0n) is 24.7. The maximum Gasteiger partial charge on any atom is 0.126 e. The van der Waals surface area contributed by atoms with E-state index in [0.717, 1.165) is 69.3 Å². The maximum atomic E-state index is 14.2. The third-order valence-corrected chi connectivity index (χ3v) is 7.35. The number of hydrogen-bond donors (Lipinski definition) is 1. The molecule has 1 aliphatic heterocycles. The molecule has 3 aromatic heterocycles. The zero-order chi connectivity index (χ0) is 29.9. The Hall–Kier alpha value is -3.81. The standard InChI is InChI=1S/C30H27FN4S.C3H6O.C2H6/c1-3-21-6-11-28-29(17-21)35(36)30(34-28)18-23-5-9-26(33-19-23)16-22-12-13-32-25(15-22)10-8-24-7-4-20(2)14-27(24)31;1-2-4-3-1;1-2/h3-7,9,11-15,17,19,36H,1,8,10,16,18H2,2H3;1-3H2;1-2H3. The minimum absolute atomic E-state index is 0.148. The van der Waals surface area contributed by atoms with Crippen LogP contribution < -0.4 is 0 Å². The number of hydrogen-bond acceptors (Lipinski definition) is 5. The van der Waals surface area contributed by atoms with Gasteiger partial charge in [0.05, 0.1) is 11.0 Å². The van der Waals surface area contributed by atoms with Crippen LogP contribution in [0.25, 0.3) is 17.1 Å². The highest BCUT2D eigenvalue weighted by Gasteiger charge is 2.11. The summed E-state index contributed by atoms with van der Waals surface area (Å²) in [5.74, 6) is 0.721. The Labute approximate surface area is 254 Å². The third kappa shape index (κ3) is 8.37. The molecule has 0 N–H and O–H groups in total. The molecule has 0 saturated carbocycles. The topological polar surface area (TPSA) is 52.8 Å². The molecule has 218 valence electrons. The van der Waals surface area contributed by atoms with Crippen LogP contribution >= 0.6 is 12.8 Å². The molecule has 1 aliphatic rings. The van der Waals surface area contributed by atoms with Crippen LogP contribution in [0.2, 0.25) is 0 Å². The predicted octanol–water partition coefficient (Wildman–Crippen LogP) is 8.01. The highest BCUT2D eigenvalue weighted by atomic mass is 32.1. The molecule has 5 aromatic rings. The molecule has 1 saturated heterocycles. The van der Waals surface area contributed by atoms with E-state index in [2.05, 4.69) is 47.6 Å². The number of aryl methyl sites for hydroxylation is 3. The van der Waals surface area contributed by atoms with Crippen molar-refractivity contribution in [3.05, 3.63) is 130 Å². The Morgan fingerprint density at radius 3 is 2.38 bits per heavy atom. The first-order chi connectivity index (χ1) is 20.5. The van der Waals surface area contributed by atoms with Crippen LogP contribution in [-0.4, -0.2) is 32.1 Å². The zero-order valence-corrected chi connectivity index (χ0v) is 25.6. The fraction of sp³-hybridized carbons (Fsp3) is 0.286. The molecule has 6 rings (SSSR count). The minimum Gasteiger partial charge on any atom is -0.381 e. The second-order valence-electron chi connectivity index (χ2n) is 10.0. The van der Waals surface area contributed by atoms with Gasteiger partial charge in [0.25, 0.3) is 0 Å². The average molecular weight is 583 g/mol. The van der Waals surface area contributed by atoms with Gasteiger partial charge in [-0.25, -0.2) is 9.37 Å². The van der Waals surface area contributed by atoms with Gasteiger partial charge in [0, 0.05) is 49.8 Å². The lowest BCUT2D eigenvalue weighted by Gasteiger charge is -2.09. The molecule has 5 nitrogen and oxygen atoms in total. The van der Waals surface area contributed by atoms with E-state index in [4.69, 9.17) is 9.72 Å². The quantitative estimate of drug-likeness (QED) is 0.188. The van der Waals surface area contributed by atoms with Crippen molar-refractivity contribution in [2.24, 2.45) is 0 Å². The van der Waals surface area contributed by atoms with Crippen molar-refractivity contribution in [1.82, 2.24) is 18.9 Å². The number of benzene rings is 2. The van der Waals surface area contributed by atoms with Gasteiger partial charge in [0.1, 0.15) is 11.6 Å². The molecule has 2 aromatic carbocycles. The molecule has 42 heavy (non-hydrogen) atoms.